The number of hydrogen-bond acceptors (Lipinski definition) is 1. The van der Waals surface area contributed by atoms with E-state index in [1.165, 1.54) is 0 Å². The molecule has 0 spiro atoms. The number of rotatable bonds is 2. The van der Waals surface area contributed by atoms with E-state index in [0.29, 0.717) is 13.0 Å². The highest BCUT2D eigenvalue weighted by atomic mass is 19.3. The van der Waals surface area contributed by atoms with Gasteiger partial charge < -0.3 is 5.32 Å². The fourth-order valence-electron chi connectivity index (χ4n) is 1.81. The Balaban J connectivity index is 2.05. The zero-order valence-electron chi connectivity index (χ0n) is 7.84. The largest absolute Gasteiger partial charge is 0.308 e. The number of hydrogen-bond donors (Lipinski definition) is 1. The van der Waals surface area contributed by atoms with Gasteiger partial charge in [0.2, 0.25) is 0 Å². The Bertz CT molecular complexity index is 297. The summed E-state index contributed by atoms with van der Waals surface area (Å²) in [6.07, 6.45) is 0.373. The molecular formula is C11H13F2N. The maximum Gasteiger partial charge on any atom is 0.264 e. The number of alkyl halides is 2. The second kappa shape index (κ2) is 3.65. The smallest absolute Gasteiger partial charge is 0.264 e. The molecule has 1 atom stereocenters. The van der Waals surface area contributed by atoms with Crippen LogP contribution < -0.4 is 5.32 Å². The van der Waals surface area contributed by atoms with Crippen LogP contribution in [-0.2, 0) is 6.42 Å². The zero-order valence-corrected chi connectivity index (χ0v) is 7.84. The van der Waals surface area contributed by atoms with Crippen molar-refractivity contribution < 1.29 is 8.78 Å². The Labute approximate surface area is 82.1 Å². The highest BCUT2D eigenvalue weighted by Gasteiger charge is 2.43. The minimum atomic E-state index is -2.55. The molecule has 0 aromatic heterocycles. The number of nitrogens with one attached hydrogen (secondary N) is 1. The molecule has 76 valence electrons. The maximum atomic E-state index is 13.2. The summed E-state index contributed by atoms with van der Waals surface area (Å²) < 4.78 is 26.5. The summed E-state index contributed by atoms with van der Waals surface area (Å²) in [6, 6.07) is 8.73. The van der Waals surface area contributed by atoms with E-state index in [9.17, 15) is 8.78 Å². The van der Waals surface area contributed by atoms with Crippen LogP contribution in [0.3, 0.4) is 0 Å². The van der Waals surface area contributed by atoms with Gasteiger partial charge in [0.15, 0.2) is 0 Å². The van der Waals surface area contributed by atoms with Crippen molar-refractivity contribution in [3.05, 3.63) is 35.9 Å². The standard InChI is InChI=1S/C11H13F2N/c12-11(13)6-7-14-10(11)8-9-4-2-1-3-5-9/h1-5,10,14H,6-8H2/t10-/m0/s1. The van der Waals surface area contributed by atoms with Gasteiger partial charge in [0.05, 0.1) is 6.04 Å². The third kappa shape index (κ3) is 1.93. The average molecular weight is 197 g/mol. The predicted octanol–water partition coefficient (Wildman–Crippen LogP) is 2.23. The van der Waals surface area contributed by atoms with E-state index >= 15 is 0 Å². The molecule has 1 nitrogen and oxygen atoms in total. The molecule has 2 rings (SSSR count). The molecule has 0 amide bonds. The van der Waals surface area contributed by atoms with Crippen LogP contribution >= 0.6 is 0 Å². The molecule has 14 heavy (non-hydrogen) atoms. The Hall–Kier alpha value is -0.960. The first-order chi connectivity index (χ1) is 6.68. The maximum absolute atomic E-state index is 13.2. The van der Waals surface area contributed by atoms with Gasteiger partial charge in [0.25, 0.3) is 5.92 Å². The molecule has 1 heterocycles. The second-order valence-corrected chi connectivity index (χ2v) is 3.71. The molecule has 1 N–H and O–H groups in total. The van der Waals surface area contributed by atoms with Crippen molar-refractivity contribution in [1.29, 1.82) is 0 Å². The van der Waals surface area contributed by atoms with Gasteiger partial charge in [-0.3, -0.25) is 0 Å². The van der Waals surface area contributed by atoms with Crippen molar-refractivity contribution in [3.63, 3.8) is 0 Å². The zero-order chi connectivity index (χ0) is 10.0. The topological polar surface area (TPSA) is 12.0 Å². The summed E-state index contributed by atoms with van der Waals surface area (Å²) in [5.74, 6) is -2.55. The summed E-state index contributed by atoms with van der Waals surface area (Å²) in [4.78, 5) is 0. The van der Waals surface area contributed by atoms with Crippen LogP contribution in [0.25, 0.3) is 0 Å². The minimum Gasteiger partial charge on any atom is -0.308 e. The predicted molar refractivity (Wildman–Crippen MR) is 51.5 cm³/mol. The molecule has 0 unspecified atom stereocenters. The first-order valence-corrected chi connectivity index (χ1v) is 4.83. The van der Waals surface area contributed by atoms with Crippen molar-refractivity contribution >= 4 is 0 Å². The normalized spacial score (nSPS) is 25.1. The molecule has 1 aliphatic rings. The van der Waals surface area contributed by atoms with Gasteiger partial charge >= 0.3 is 0 Å². The van der Waals surface area contributed by atoms with Crippen LogP contribution in [0.4, 0.5) is 8.78 Å². The van der Waals surface area contributed by atoms with Crippen molar-refractivity contribution in [2.24, 2.45) is 0 Å². The molecule has 3 heteroatoms. The number of benzene rings is 1. The monoisotopic (exact) mass is 197 g/mol. The summed E-state index contributed by atoms with van der Waals surface area (Å²) in [5.41, 5.74) is 0.964. The van der Waals surface area contributed by atoms with E-state index in [1.807, 2.05) is 30.3 Å². The molecule has 0 bridgehead atoms. The molecule has 1 aromatic rings. The van der Waals surface area contributed by atoms with Crippen LogP contribution in [0.5, 0.6) is 0 Å². The lowest BCUT2D eigenvalue weighted by Crippen LogP contribution is -2.37. The summed E-state index contributed by atoms with van der Waals surface area (Å²) in [6.45, 7) is 0.421. The first kappa shape index (κ1) is 9.59. The Morgan fingerprint density at radius 3 is 2.57 bits per heavy atom. The Morgan fingerprint density at radius 1 is 1.29 bits per heavy atom. The molecule has 0 aliphatic carbocycles. The molecule has 1 aliphatic heterocycles. The fraction of sp³-hybridized carbons (Fsp3) is 0.455. The van der Waals surface area contributed by atoms with Gasteiger partial charge in [-0.1, -0.05) is 30.3 Å². The lowest BCUT2D eigenvalue weighted by molar-refractivity contribution is -0.0106. The highest BCUT2D eigenvalue weighted by Crippen LogP contribution is 2.29. The summed E-state index contributed by atoms with van der Waals surface area (Å²) in [7, 11) is 0. The second-order valence-electron chi connectivity index (χ2n) is 3.71. The average Bonchev–Trinajstić information content (AvgIpc) is 2.48. The van der Waals surface area contributed by atoms with E-state index in [1.54, 1.807) is 0 Å². The quantitative estimate of drug-likeness (QED) is 0.766. The van der Waals surface area contributed by atoms with Crippen molar-refractivity contribution in [2.75, 3.05) is 6.54 Å². The van der Waals surface area contributed by atoms with E-state index in [4.69, 9.17) is 0 Å². The molecule has 1 saturated heterocycles. The third-order valence-corrected chi connectivity index (χ3v) is 2.64. The molecule has 0 saturated carbocycles. The molecule has 1 aromatic carbocycles. The number of halogens is 2. The van der Waals surface area contributed by atoms with Gasteiger partial charge in [0.1, 0.15) is 0 Å². The van der Waals surface area contributed by atoms with Gasteiger partial charge in [-0.15, -0.1) is 0 Å². The minimum absolute atomic E-state index is 0.0372. The lowest BCUT2D eigenvalue weighted by atomic mass is 10.0. The van der Waals surface area contributed by atoms with E-state index in [0.717, 1.165) is 5.56 Å². The van der Waals surface area contributed by atoms with Crippen LogP contribution in [0, 0.1) is 0 Å². The molecule has 1 fully saturated rings. The van der Waals surface area contributed by atoms with Crippen molar-refractivity contribution in [2.45, 2.75) is 24.8 Å². The third-order valence-electron chi connectivity index (χ3n) is 2.64. The fourth-order valence-corrected chi connectivity index (χ4v) is 1.81. The summed E-state index contributed by atoms with van der Waals surface area (Å²) >= 11 is 0. The van der Waals surface area contributed by atoms with Crippen LogP contribution in [0.15, 0.2) is 30.3 Å². The van der Waals surface area contributed by atoms with E-state index in [-0.39, 0.29) is 6.42 Å². The van der Waals surface area contributed by atoms with E-state index < -0.39 is 12.0 Å². The SMILES string of the molecule is FC1(F)CCN[C@H]1Cc1ccccc1. The van der Waals surface area contributed by atoms with Gasteiger partial charge in [-0.2, -0.15) is 0 Å². The Morgan fingerprint density at radius 2 is 2.00 bits per heavy atom. The molecule has 0 radical (unpaired) electrons. The first-order valence-electron chi connectivity index (χ1n) is 4.83. The van der Waals surface area contributed by atoms with Crippen LogP contribution in [0.1, 0.15) is 12.0 Å². The Kier molecular flexibility index (Phi) is 2.50. The highest BCUT2D eigenvalue weighted by molar-refractivity contribution is 5.17. The van der Waals surface area contributed by atoms with E-state index in [2.05, 4.69) is 5.32 Å². The van der Waals surface area contributed by atoms with Crippen LogP contribution in [-0.4, -0.2) is 18.5 Å². The van der Waals surface area contributed by atoms with Crippen LogP contribution in [0.2, 0.25) is 0 Å². The van der Waals surface area contributed by atoms with Gasteiger partial charge in [0, 0.05) is 13.0 Å². The molecular weight excluding hydrogens is 184 g/mol. The van der Waals surface area contributed by atoms with Gasteiger partial charge in [-0.05, 0) is 12.0 Å². The van der Waals surface area contributed by atoms with Crippen molar-refractivity contribution in [3.8, 4) is 0 Å². The van der Waals surface area contributed by atoms with Crippen molar-refractivity contribution in [1.82, 2.24) is 5.32 Å². The van der Waals surface area contributed by atoms with Gasteiger partial charge in [-0.25, -0.2) is 8.78 Å². The lowest BCUT2D eigenvalue weighted by Gasteiger charge is -2.18. The summed E-state index contributed by atoms with van der Waals surface area (Å²) in [5, 5.41) is 2.85.